The van der Waals surface area contributed by atoms with Gasteiger partial charge in [0.1, 0.15) is 0 Å². The number of ketones is 2. The summed E-state index contributed by atoms with van der Waals surface area (Å²) in [6, 6.07) is 15.2. The van der Waals surface area contributed by atoms with E-state index in [1.54, 1.807) is 54.6 Å². The lowest BCUT2D eigenvalue weighted by Crippen LogP contribution is -2.30. The second kappa shape index (κ2) is 9.43. The predicted molar refractivity (Wildman–Crippen MR) is 101 cm³/mol. The van der Waals surface area contributed by atoms with Crippen molar-refractivity contribution in [3.05, 3.63) is 65.7 Å². The van der Waals surface area contributed by atoms with E-state index in [0.29, 0.717) is 16.8 Å². The van der Waals surface area contributed by atoms with Crippen LogP contribution in [0.25, 0.3) is 0 Å². The number of amides is 1. The zero-order chi connectivity index (χ0) is 19.8. The SMILES string of the molecule is CC(=O)c1ccccc1NC(=O)[C@H](C)OC(=O)CCC(=O)c1ccccc1. The number of esters is 1. The van der Waals surface area contributed by atoms with Gasteiger partial charge in [-0.15, -0.1) is 0 Å². The van der Waals surface area contributed by atoms with Crippen molar-refractivity contribution in [2.75, 3.05) is 5.32 Å². The maximum atomic E-state index is 12.2. The molecule has 6 heteroatoms. The Morgan fingerprint density at radius 2 is 1.56 bits per heavy atom. The largest absolute Gasteiger partial charge is 0.453 e. The quantitative estimate of drug-likeness (QED) is 0.570. The van der Waals surface area contributed by atoms with Crippen LogP contribution in [0.1, 0.15) is 47.4 Å². The maximum absolute atomic E-state index is 12.2. The van der Waals surface area contributed by atoms with E-state index < -0.39 is 18.0 Å². The minimum absolute atomic E-state index is 0.00432. The molecular weight excluding hydrogens is 346 g/mol. The van der Waals surface area contributed by atoms with Crippen molar-refractivity contribution in [2.45, 2.75) is 32.8 Å². The van der Waals surface area contributed by atoms with Gasteiger partial charge in [0.15, 0.2) is 17.7 Å². The number of anilines is 1. The van der Waals surface area contributed by atoms with Crippen LogP contribution in [0.5, 0.6) is 0 Å². The Kier molecular flexibility index (Phi) is 7.00. The van der Waals surface area contributed by atoms with Crippen LogP contribution in [-0.4, -0.2) is 29.5 Å². The molecule has 2 aromatic carbocycles. The van der Waals surface area contributed by atoms with Gasteiger partial charge in [-0.25, -0.2) is 0 Å². The first-order valence-electron chi connectivity index (χ1n) is 8.57. The van der Waals surface area contributed by atoms with E-state index in [0.717, 1.165) is 0 Å². The molecule has 2 rings (SSSR count). The molecule has 0 unspecified atom stereocenters. The van der Waals surface area contributed by atoms with Gasteiger partial charge in [-0.2, -0.15) is 0 Å². The average molecular weight is 367 g/mol. The zero-order valence-corrected chi connectivity index (χ0v) is 15.2. The van der Waals surface area contributed by atoms with Gasteiger partial charge in [0.25, 0.3) is 5.91 Å². The minimum atomic E-state index is -1.05. The van der Waals surface area contributed by atoms with Gasteiger partial charge >= 0.3 is 5.97 Å². The summed E-state index contributed by atoms with van der Waals surface area (Å²) in [5, 5.41) is 2.58. The summed E-state index contributed by atoms with van der Waals surface area (Å²) in [5.74, 6) is -1.54. The van der Waals surface area contributed by atoms with Gasteiger partial charge in [0.2, 0.25) is 0 Å². The summed E-state index contributed by atoms with van der Waals surface area (Å²) in [6.45, 7) is 2.83. The lowest BCUT2D eigenvalue weighted by molar-refractivity contribution is -0.153. The molecule has 0 radical (unpaired) electrons. The van der Waals surface area contributed by atoms with Gasteiger partial charge in [0.05, 0.1) is 12.1 Å². The molecule has 0 saturated heterocycles. The van der Waals surface area contributed by atoms with Crippen LogP contribution in [0.4, 0.5) is 5.69 Å². The van der Waals surface area contributed by atoms with Gasteiger partial charge in [-0.1, -0.05) is 42.5 Å². The molecule has 0 fully saturated rings. The smallest absolute Gasteiger partial charge is 0.307 e. The molecule has 0 spiro atoms. The van der Waals surface area contributed by atoms with E-state index in [1.807, 2.05) is 0 Å². The topological polar surface area (TPSA) is 89.5 Å². The third-order valence-electron chi connectivity index (χ3n) is 3.89. The number of benzene rings is 2. The molecule has 0 aliphatic rings. The number of ether oxygens (including phenoxy) is 1. The van der Waals surface area contributed by atoms with Crippen LogP contribution in [0.15, 0.2) is 54.6 Å². The highest BCUT2D eigenvalue weighted by atomic mass is 16.5. The summed E-state index contributed by atoms with van der Waals surface area (Å²) in [4.78, 5) is 47.7. The number of hydrogen-bond donors (Lipinski definition) is 1. The Bertz CT molecular complexity index is 845. The Hall–Kier alpha value is -3.28. The van der Waals surface area contributed by atoms with E-state index in [1.165, 1.54) is 13.8 Å². The second-order valence-corrected chi connectivity index (χ2v) is 6.01. The summed E-state index contributed by atoms with van der Waals surface area (Å²) < 4.78 is 5.08. The number of Topliss-reactive ketones (excluding diaryl/α,β-unsaturated/α-hetero) is 2. The summed E-state index contributed by atoms with van der Waals surface area (Å²) in [6.07, 6.45) is -1.16. The molecule has 0 aromatic heterocycles. The normalized spacial score (nSPS) is 11.3. The number of para-hydroxylation sites is 1. The van der Waals surface area contributed by atoms with Gasteiger partial charge < -0.3 is 10.1 Å². The van der Waals surface area contributed by atoms with Crippen molar-refractivity contribution in [2.24, 2.45) is 0 Å². The molecule has 0 aliphatic heterocycles. The third kappa shape index (κ3) is 5.88. The first-order valence-corrected chi connectivity index (χ1v) is 8.57. The molecule has 1 amide bonds. The highest BCUT2D eigenvalue weighted by molar-refractivity contribution is 6.04. The van der Waals surface area contributed by atoms with Gasteiger partial charge in [-0.3, -0.25) is 19.2 Å². The molecule has 6 nitrogen and oxygen atoms in total. The predicted octanol–water partition coefficient (Wildman–Crippen LogP) is 3.42. The van der Waals surface area contributed by atoms with Crippen molar-refractivity contribution in [1.82, 2.24) is 0 Å². The molecule has 1 atom stereocenters. The monoisotopic (exact) mass is 367 g/mol. The summed E-state index contributed by atoms with van der Waals surface area (Å²) in [5.41, 5.74) is 1.26. The molecular formula is C21H21NO5. The molecule has 0 saturated carbocycles. The van der Waals surface area contributed by atoms with Crippen LogP contribution in [0.3, 0.4) is 0 Å². The lowest BCUT2D eigenvalue weighted by Gasteiger charge is -2.15. The van der Waals surface area contributed by atoms with Crippen molar-refractivity contribution < 1.29 is 23.9 Å². The lowest BCUT2D eigenvalue weighted by atomic mass is 10.1. The number of hydrogen-bond acceptors (Lipinski definition) is 5. The fourth-order valence-electron chi connectivity index (χ4n) is 2.43. The molecule has 27 heavy (non-hydrogen) atoms. The fourth-order valence-corrected chi connectivity index (χ4v) is 2.43. The van der Waals surface area contributed by atoms with Crippen LogP contribution in [-0.2, 0) is 14.3 Å². The Morgan fingerprint density at radius 3 is 2.22 bits per heavy atom. The van der Waals surface area contributed by atoms with Gasteiger partial charge in [0, 0.05) is 17.5 Å². The molecule has 140 valence electrons. The van der Waals surface area contributed by atoms with Crippen molar-refractivity contribution >= 4 is 29.1 Å². The van der Waals surface area contributed by atoms with Crippen molar-refractivity contribution in [1.29, 1.82) is 0 Å². The number of carbonyl (C=O) groups is 4. The van der Waals surface area contributed by atoms with E-state index in [9.17, 15) is 19.2 Å². The third-order valence-corrected chi connectivity index (χ3v) is 3.89. The number of nitrogens with one attached hydrogen (secondary N) is 1. The van der Waals surface area contributed by atoms with Crippen LogP contribution < -0.4 is 5.32 Å². The average Bonchev–Trinajstić information content (AvgIpc) is 2.67. The first kappa shape index (κ1) is 20.0. The summed E-state index contributed by atoms with van der Waals surface area (Å²) in [7, 11) is 0. The minimum Gasteiger partial charge on any atom is -0.453 e. The molecule has 0 bridgehead atoms. The number of carbonyl (C=O) groups excluding carboxylic acids is 4. The van der Waals surface area contributed by atoms with Crippen molar-refractivity contribution in [3.8, 4) is 0 Å². The van der Waals surface area contributed by atoms with Crippen LogP contribution in [0.2, 0.25) is 0 Å². The van der Waals surface area contributed by atoms with Gasteiger partial charge in [-0.05, 0) is 26.0 Å². The molecule has 0 aliphatic carbocycles. The Labute approximate surface area is 157 Å². The second-order valence-electron chi connectivity index (χ2n) is 6.01. The Balaban J connectivity index is 1.86. The standard InChI is InChI=1S/C21H21NO5/c1-14(23)17-10-6-7-11-18(17)22-21(26)15(2)27-20(25)13-12-19(24)16-8-4-3-5-9-16/h3-11,15H,12-13H2,1-2H3,(H,22,26)/t15-/m0/s1. The van der Waals surface area contributed by atoms with E-state index in [-0.39, 0.29) is 24.4 Å². The first-order chi connectivity index (χ1) is 12.9. The van der Waals surface area contributed by atoms with Crippen molar-refractivity contribution in [3.63, 3.8) is 0 Å². The maximum Gasteiger partial charge on any atom is 0.307 e. The Morgan fingerprint density at radius 1 is 0.926 bits per heavy atom. The van der Waals surface area contributed by atoms with E-state index in [4.69, 9.17) is 4.74 Å². The zero-order valence-electron chi connectivity index (χ0n) is 15.2. The molecule has 2 aromatic rings. The van der Waals surface area contributed by atoms with Crippen LogP contribution >= 0.6 is 0 Å². The molecule has 1 N–H and O–H groups in total. The van der Waals surface area contributed by atoms with E-state index >= 15 is 0 Å². The molecule has 0 heterocycles. The summed E-state index contributed by atoms with van der Waals surface area (Å²) >= 11 is 0. The van der Waals surface area contributed by atoms with E-state index in [2.05, 4.69) is 5.32 Å². The fraction of sp³-hybridized carbons (Fsp3) is 0.238. The number of rotatable bonds is 8. The highest BCUT2D eigenvalue weighted by Gasteiger charge is 2.20. The highest BCUT2D eigenvalue weighted by Crippen LogP contribution is 2.16. The van der Waals surface area contributed by atoms with Crippen LogP contribution in [0, 0.1) is 0 Å².